The Morgan fingerprint density at radius 1 is 0.333 bits per heavy atom. The second-order valence-corrected chi connectivity index (χ2v) is 17.6. The maximum Gasteiger partial charge on any atom is 0.261 e. The predicted octanol–water partition coefficient (Wildman–Crippen LogP) is 8.46. The number of carbonyl (C=O) groups excluding carboxylic acids is 8. The van der Waals surface area contributed by atoms with Gasteiger partial charge in [0.05, 0.1) is 0 Å². The summed E-state index contributed by atoms with van der Waals surface area (Å²) in [6, 6.07) is 20.6. The summed E-state index contributed by atoms with van der Waals surface area (Å²) in [4.78, 5) is 116. The molecule has 12 heteroatoms. The van der Waals surface area contributed by atoms with Gasteiger partial charge in [0, 0.05) is 92.2 Å². The Morgan fingerprint density at radius 3 is 0.810 bits per heavy atom. The molecule has 0 saturated carbocycles. The Morgan fingerprint density at radius 2 is 0.556 bits per heavy atom. The second kappa shape index (κ2) is 13.6. The number of rotatable bonds is 10. The van der Waals surface area contributed by atoms with Crippen molar-refractivity contribution in [2.24, 2.45) is 11.8 Å². The predicted molar refractivity (Wildman–Crippen MR) is 237 cm³/mol. The fraction of sp³-hybridized carbons (Fsp3) is 0.255. The van der Waals surface area contributed by atoms with Gasteiger partial charge in [-0.3, -0.25) is 58.0 Å². The Kier molecular flexibility index (Phi) is 8.31. The molecule has 8 amide bonds. The van der Waals surface area contributed by atoms with Crippen molar-refractivity contribution >= 4 is 101 Å². The molecule has 2 atom stereocenters. The summed E-state index contributed by atoms with van der Waals surface area (Å²) in [5.74, 6) is -3.48. The van der Waals surface area contributed by atoms with Crippen molar-refractivity contribution in [1.29, 1.82) is 0 Å². The van der Waals surface area contributed by atoms with E-state index in [1.54, 1.807) is 36.4 Å². The second-order valence-electron chi connectivity index (χ2n) is 17.6. The number of benzene rings is 7. The molecule has 0 fully saturated rings. The topological polar surface area (TPSA) is 150 Å². The quantitative estimate of drug-likeness (QED) is 0.0757. The Balaban J connectivity index is 0.893. The molecule has 2 unspecified atom stereocenters. The minimum absolute atomic E-state index is 0.0713. The number of imide groups is 4. The molecule has 0 N–H and O–H groups in total. The van der Waals surface area contributed by atoms with E-state index >= 15 is 0 Å². The maximum absolute atomic E-state index is 14.3. The van der Waals surface area contributed by atoms with Crippen LogP contribution in [0.15, 0.2) is 72.8 Å². The number of fused-ring (bicyclic) bond motifs is 2. The van der Waals surface area contributed by atoms with Crippen molar-refractivity contribution < 1.29 is 38.4 Å². The van der Waals surface area contributed by atoms with Gasteiger partial charge in [-0.15, -0.1) is 0 Å². The van der Waals surface area contributed by atoms with Crippen molar-refractivity contribution in [1.82, 2.24) is 19.6 Å². The highest BCUT2D eigenvalue weighted by Gasteiger charge is 2.41. The van der Waals surface area contributed by atoms with Gasteiger partial charge in [-0.2, -0.15) is 0 Å². The normalized spacial score (nSPS) is 17.0. The summed E-state index contributed by atoms with van der Waals surface area (Å²) in [7, 11) is 0. The van der Waals surface area contributed by atoms with Crippen molar-refractivity contribution in [2.45, 2.75) is 47.0 Å². The molecule has 0 aromatic heterocycles. The molecule has 12 nitrogen and oxygen atoms in total. The summed E-state index contributed by atoms with van der Waals surface area (Å²) in [6.07, 6.45) is 1.71. The average Bonchev–Trinajstić information content (AvgIpc) is 3.29. The number of carbonyl (C=O) groups is 8. The molecule has 4 heterocycles. The molecule has 0 spiro atoms. The summed E-state index contributed by atoms with van der Waals surface area (Å²) in [5, 5.41) is 6.45. The van der Waals surface area contributed by atoms with Crippen molar-refractivity contribution in [3.63, 3.8) is 0 Å². The van der Waals surface area contributed by atoms with E-state index in [0.717, 1.165) is 55.0 Å². The van der Waals surface area contributed by atoms with E-state index in [9.17, 15) is 38.4 Å². The van der Waals surface area contributed by atoms with Crippen molar-refractivity contribution in [3.05, 3.63) is 117 Å². The number of hydrogen-bond donors (Lipinski definition) is 0. The maximum atomic E-state index is 14.3. The molecular weight excluding hydrogens is 797 g/mol. The minimum Gasteiger partial charge on any atom is -0.274 e. The molecule has 0 saturated heterocycles. The minimum atomic E-state index is -0.586. The van der Waals surface area contributed by atoms with Crippen LogP contribution in [0.1, 0.15) is 130 Å². The van der Waals surface area contributed by atoms with Gasteiger partial charge < -0.3 is 0 Å². The van der Waals surface area contributed by atoms with Gasteiger partial charge in [0.15, 0.2) is 0 Å². The molecular formula is C51H40N4O8. The van der Waals surface area contributed by atoms with Crippen LogP contribution in [0, 0.1) is 11.8 Å². The lowest BCUT2D eigenvalue weighted by Crippen LogP contribution is -2.45. The van der Waals surface area contributed by atoms with Crippen LogP contribution >= 0.6 is 0 Å². The molecule has 0 radical (unpaired) electrons. The van der Waals surface area contributed by atoms with E-state index in [2.05, 4.69) is 0 Å². The Hall–Kier alpha value is -7.34. The number of nitrogens with zero attached hydrogens (tertiary/aromatic N) is 4. The first-order chi connectivity index (χ1) is 30.4. The molecule has 312 valence electrons. The third kappa shape index (κ3) is 5.08. The first-order valence-corrected chi connectivity index (χ1v) is 21.6. The van der Waals surface area contributed by atoms with Crippen LogP contribution in [0.2, 0.25) is 0 Å². The van der Waals surface area contributed by atoms with Gasteiger partial charge in [0.2, 0.25) is 0 Å². The van der Waals surface area contributed by atoms with E-state index in [1.165, 1.54) is 21.9 Å². The molecule has 0 aliphatic carbocycles. The van der Waals surface area contributed by atoms with Crippen LogP contribution in [0.5, 0.6) is 0 Å². The average molecular weight is 837 g/mol. The monoisotopic (exact) mass is 836 g/mol. The first-order valence-electron chi connectivity index (χ1n) is 21.6. The van der Waals surface area contributed by atoms with Crippen LogP contribution < -0.4 is 0 Å². The van der Waals surface area contributed by atoms with Crippen LogP contribution in [0.3, 0.4) is 0 Å². The largest absolute Gasteiger partial charge is 0.274 e. The van der Waals surface area contributed by atoms with Crippen LogP contribution in [-0.4, -0.2) is 93.0 Å². The van der Waals surface area contributed by atoms with E-state index in [0.29, 0.717) is 45.0 Å². The summed E-state index contributed by atoms with van der Waals surface area (Å²) in [6.45, 7) is 8.43. The summed E-state index contributed by atoms with van der Waals surface area (Å²) in [5.41, 5.74) is 2.56. The zero-order chi connectivity index (χ0) is 43.9. The standard InChI is InChI=1S/C51H40N4O8/c1-5-24(3)22-54-48(60)34-14-10-28-26-8-12-30-40-31(13-9-27(38(26)40)29-11-15-35(49(54)61)41(34)39(28)29)45(57)52(44(30)56)20-7-21-53-46(58)32-16-18-36-43-37(19-17-33(42(32)43)47(53)59)51(63)55(50(36)62)23-25(4)6-2/h8-19,24-25H,5-7,20-23H2,1-4H3. The summed E-state index contributed by atoms with van der Waals surface area (Å²) < 4.78 is 0. The molecule has 0 bridgehead atoms. The van der Waals surface area contributed by atoms with E-state index < -0.39 is 35.4 Å². The number of hydrogen-bond acceptors (Lipinski definition) is 8. The molecule has 4 aliphatic rings. The molecule has 63 heavy (non-hydrogen) atoms. The van der Waals surface area contributed by atoms with Crippen molar-refractivity contribution in [2.75, 3.05) is 26.2 Å². The van der Waals surface area contributed by atoms with Crippen LogP contribution in [-0.2, 0) is 0 Å². The van der Waals surface area contributed by atoms with E-state index in [1.807, 2.05) is 52.0 Å². The van der Waals surface area contributed by atoms with Gasteiger partial charge >= 0.3 is 0 Å². The molecule has 7 aromatic rings. The number of amides is 8. The zero-order valence-corrected chi connectivity index (χ0v) is 35.1. The highest BCUT2D eigenvalue weighted by molar-refractivity contribution is 6.41. The third-order valence-electron chi connectivity index (χ3n) is 14.0. The van der Waals surface area contributed by atoms with Crippen LogP contribution in [0.25, 0.3) is 53.9 Å². The van der Waals surface area contributed by atoms with Gasteiger partial charge in [-0.25, -0.2) is 0 Å². The lowest BCUT2D eigenvalue weighted by atomic mass is 9.82. The van der Waals surface area contributed by atoms with Gasteiger partial charge in [0.1, 0.15) is 0 Å². The zero-order valence-electron chi connectivity index (χ0n) is 35.1. The lowest BCUT2D eigenvalue weighted by molar-refractivity contribution is 0.0557. The van der Waals surface area contributed by atoms with Crippen LogP contribution in [0.4, 0.5) is 0 Å². The molecule has 7 aromatic carbocycles. The SMILES string of the molecule is CCC(C)CN1C(=O)c2ccc3c4c(ccc(c24)C1=O)C(=O)N(CCCN1C(=O)c2ccc4c5ccc6c7c(ccc(c8ccc(c2c48)C1=O)c75)C(=O)N(CC(C)CC)C6=O)C3=O. The highest BCUT2D eigenvalue weighted by atomic mass is 16.2. The fourth-order valence-electron chi connectivity index (χ4n) is 10.3. The molecule has 4 aliphatic heterocycles. The van der Waals surface area contributed by atoms with Crippen molar-refractivity contribution in [3.8, 4) is 0 Å². The van der Waals surface area contributed by atoms with E-state index in [-0.39, 0.29) is 77.3 Å². The Labute approximate surface area is 360 Å². The van der Waals surface area contributed by atoms with Gasteiger partial charge in [0.25, 0.3) is 47.3 Å². The molecule has 11 rings (SSSR count). The van der Waals surface area contributed by atoms with E-state index in [4.69, 9.17) is 0 Å². The Bertz CT molecular complexity index is 3180. The fourth-order valence-corrected chi connectivity index (χ4v) is 10.3. The first kappa shape index (κ1) is 38.6. The van der Waals surface area contributed by atoms with Gasteiger partial charge in [-0.05, 0) is 99.1 Å². The smallest absolute Gasteiger partial charge is 0.261 e. The lowest BCUT2D eigenvalue weighted by Gasteiger charge is -2.33. The van der Waals surface area contributed by atoms with Gasteiger partial charge in [-0.1, -0.05) is 64.8 Å². The summed E-state index contributed by atoms with van der Waals surface area (Å²) >= 11 is 0. The third-order valence-corrected chi connectivity index (χ3v) is 14.0. The highest BCUT2D eigenvalue weighted by Crippen LogP contribution is 2.46.